The van der Waals surface area contributed by atoms with Gasteiger partial charge in [-0.15, -0.1) is 0 Å². The molecule has 0 unspecified atom stereocenters. The van der Waals surface area contributed by atoms with Crippen LogP contribution in [0.2, 0.25) is 0 Å². The normalized spacial score (nSPS) is 11.9. The Hall–Kier alpha value is -1.88. The molecule has 0 N–H and O–H groups in total. The SMILES string of the molecule is CC(C)P(C(C)C)N(c1ccccc1)c1cccc(N(c2ccccc2)P(C(C)C)C(C)C)c1. The van der Waals surface area contributed by atoms with Crippen LogP contribution in [0.5, 0.6) is 0 Å². The van der Waals surface area contributed by atoms with E-state index in [0.29, 0.717) is 22.6 Å². The van der Waals surface area contributed by atoms with Gasteiger partial charge in [-0.05, 0) is 65.1 Å². The highest BCUT2D eigenvalue weighted by molar-refractivity contribution is 7.61. The number of hydrogen-bond donors (Lipinski definition) is 0. The highest BCUT2D eigenvalue weighted by atomic mass is 31.1. The van der Waals surface area contributed by atoms with Crippen molar-refractivity contribution in [2.45, 2.75) is 78.0 Å². The monoisotopic (exact) mass is 492 g/mol. The van der Waals surface area contributed by atoms with Gasteiger partial charge in [0.1, 0.15) is 0 Å². The molecule has 0 spiro atoms. The topological polar surface area (TPSA) is 6.48 Å². The number of nitrogens with zero attached hydrogens (tertiary/aromatic N) is 2. The van der Waals surface area contributed by atoms with E-state index in [-0.39, 0.29) is 0 Å². The van der Waals surface area contributed by atoms with E-state index in [2.05, 4.69) is 150 Å². The van der Waals surface area contributed by atoms with E-state index in [0.717, 1.165) is 0 Å². The van der Waals surface area contributed by atoms with Crippen molar-refractivity contribution in [1.29, 1.82) is 0 Å². The minimum absolute atomic E-state index is 0.401. The van der Waals surface area contributed by atoms with Gasteiger partial charge in [0.15, 0.2) is 0 Å². The number of benzene rings is 3. The van der Waals surface area contributed by atoms with Gasteiger partial charge in [0.2, 0.25) is 0 Å². The van der Waals surface area contributed by atoms with Crippen molar-refractivity contribution in [2.75, 3.05) is 9.34 Å². The van der Waals surface area contributed by atoms with Crippen molar-refractivity contribution < 1.29 is 0 Å². The van der Waals surface area contributed by atoms with Gasteiger partial charge < -0.3 is 9.34 Å². The van der Waals surface area contributed by atoms with Gasteiger partial charge in [0.05, 0.1) is 0 Å². The van der Waals surface area contributed by atoms with E-state index in [9.17, 15) is 0 Å². The van der Waals surface area contributed by atoms with Crippen LogP contribution in [0.1, 0.15) is 55.4 Å². The molecule has 2 nitrogen and oxygen atoms in total. The second-order valence-corrected chi connectivity index (χ2v) is 16.4. The smallest absolute Gasteiger partial charge is 0.0468 e. The summed E-state index contributed by atoms with van der Waals surface area (Å²) >= 11 is 0. The van der Waals surface area contributed by atoms with Gasteiger partial charge in [-0.1, -0.05) is 97.9 Å². The summed E-state index contributed by atoms with van der Waals surface area (Å²) in [6.07, 6.45) is 0. The maximum absolute atomic E-state index is 2.63. The van der Waals surface area contributed by atoms with E-state index in [1.807, 2.05) is 0 Å². The second-order valence-electron chi connectivity index (χ2n) is 9.95. The van der Waals surface area contributed by atoms with Crippen LogP contribution in [0.4, 0.5) is 22.7 Å². The molecule has 34 heavy (non-hydrogen) atoms. The van der Waals surface area contributed by atoms with Crippen LogP contribution in [0, 0.1) is 0 Å². The molecule has 0 radical (unpaired) electrons. The van der Waals surface area contributed by atoms with Crippen LogP contribution in [0.25, 0.3) is 0 Å². The van der Waals surface area contributed by atoms with Crippen molar-refractivity contribution >= 4 is 38.9 Å². The molecule has 0 aromatic heterocycles. The lowest BCUT2D eigenvalue weighted by atomic mass is 10.2. The van der Waals surface area contributed by atoms with Crippen LogP contribution < -0.4 is 9.34 Å². The molecule has 0 saturated carbocycles. The van der Waals surface area contributed by atoms with Gasteiger partial charge in [-0.25, -0.2) is 0 Å². The molecule has 0 aliphatic rings. The van der Waals surface area contributed by atoms with Gasteiger partial charge in [-0.3, -0.25) is 0 Å². The van der Waals surface area contributed by atoms with Crippen molar-refractivity contribution in [3.05, 3.63) is 84.9 Å². The zero-order valence-electron chi connectivity index (χ0n) is 22.2. The van der Waals surface area contributed by atoms with E-state index >= 15 is 0 Å². The van der Waals surface area contributed by atoms with Crippen LogP contribution in [-0.4, -0.2) is 22.6 Å². The lowest BCUT2D eigenvalue weighted by Gasteiger charge is -2.41. The van der Waals surface area contributed by atoms with Gasteiger partial charge in [0, 0.05) is 38.9 Å². The Bertz CT molecular complexity index is 908. The first kappa shape index (κ1) is 26.7. The Morgan fingerprint density at radius 3 is 1.00 bits per heavy atom. The maximum Gasteiger partial charge on any atom is 0.0468 e. The molecular weight excluding hydrogens is 450 g/mol. The zero-order chi connectivity index (χ0) is 24.8. The first-order valence-corrected chi connectivity index (χ1v) is 15.5. The standard InChI is InChI=1S/C30H42N2P2/c1-23(2)33(24(3)4)31(27-16-11-9-12-17-27)29-20-15-21-30(22-29)32(28-18-13-10-14-19-28)34(25(5)6)26(7)8/h9-26H,1-8H3. The summed E-state index contributed by atoms with van der Waals surface area (Å²) in [5, 5.41) is 0. The largest absolute Gasteiger partial charge is 0.319 e. The van der Waals surface area contributed by atoms with E-state index in [1.165, 1.54) is 22.7 Å². The zero-order valence-corrected chi connectivity index (χ0v) is 24.0. The lowest BCUT2D eigenvalue weighted by Crippen LogP contribution is -2.22. The van der Waals surface area contributed by atoms with Gasteiger partial charge in [-0.2, -0.15) is 0 Å². The molecule has 3 aromatic rings. The Morgan fingerprint density at radius 1 is 0.412 bits per heavy atom. The van der Waals surface area contributed by atoms with Crippen molar-refractivity contribution in [1.82, 2.24) is 0 Å². The molecule has 0 aliphatic carbocycles. The number of hydrogen-bond acceptors (Lipinski definition) is 2. The molecule has 0 amide bonds. The first-order chi connectivity index (χ1) is 16.2. The molecule has 0 fully saturated rings. The predicted octanol–water partition coefficient (Wildman–Crippen LogP) is 10.4. The minimum atomic E-state index is -0.401. The Kier molecular flexibility index (Phi) is 9.58. The highest BCUT2D eigenvalue weighted by Crippen LogP contribution is 2.58. The highest BCUT2D eigenvalue weighted by Gasteiger charge is 2.30. The summed E-state index contributed by atoms with van der Waals surface area (Å²) in [4.78, 5) is 0. The average molecular weight is 493 g/mol. The van der Waals surface area contributed by atoms with E-state index in [4.69, 9.17) is 0 Å². The fraction of sp³-hybridized carbons (Fsp3) is 0.400. The summed E-state index contributed by atoms with van der Waals surface area (Å²) in [6.45, 7) is 19.0. The third-order valence-corrected chi connectivity index (χ3v) is 12.0. The van der Waals surface area contributed by atoms with Gasteiger partial charge >= 0.3 is 0 Å². The third-order valence-electron chi connectivity index (χ3n) is 5.90. The van der Waals surface area contributed by atoms with Crippen LogP contribution in [-0.2, 0) is 0 Å². The molecular formula is C30H42N2P2. The average Bonchev–Trinajstić information content (AvgIpc) is 2.81. The molecule has 0 saturated heterocycles. The Balaban J connectivity index is 2.19. The Morgan fingerprint density at radius 2 is 0.706 bits per heavy atom. The van der Waals surface area contributed by atoms with Crippen molar-refractivity contribution in [2.24, 2.45) is 0 Å². The molecule has 0 aliphatic heterocycles. The number of para-hydroxylation sites is 2. The molecule has 3 aromatic carbocycles. The number of anilines is 4. The van der Waals surface area contributed by atoms with Crippen LogP contribution >= 0.6 is 16.1 Å². The van der Waals surface area contributed by atoms with E-state index < -0.39 is 16.1 Å². The first-order valence-electron chi connectivity index (χ1n) is 12.6. The third kappa shape index (κ3) is 6.21. The fourth-order valence-electron chi connectivity index (χ4n) is 4.84. The molecule has 0 heterocycles. The summed E-state index contributed by atoms with van der Waals surface area (Å²) in [5.74, 6) is 0. The van der Waals surface area contributed by atoms with Crippen molar-refractivity contribution in [3.8, 4) is 0 Å². The predicted molar refractivity (Wildman–Crippen MR) is 158 cm³/mol. The minimum Gasteiger partial charge on any atom is -0.319 e. The van der Waals surface area contributed by atoms with Gasteiger partial charge in [0.25, 0.3) is 0 Å². The van der Waals surface area contributed by atoms with Crippen LogP contribution in [0.3, 0.4) is 0 Å². The fourth-order valence-corrected chi connectivity index (χ4v) is 10.7. The summed E-state index contributed by atoms with van der Waals surface area (Å²) in [5.41, 5.74) is 7.52. The summed E-state index contributed by atoms with van der Waals surface area (Å²) < 4.78 is 5.26. The molecule has 182 valence electrons. The molecule has 0 atom stereocenters. The molecule has 0 bridgehead atoms. The summed E-state index contributed by atoms with van der Waals surface area (Å²) in [6, 6.07) is 31.2. The van der Waals surface area contributed by atoms with E-state index in [1.54, 1.807) is 0 Å². The Labute approximate surface area is 211 Å². The number of rotatable bonds is 10. The molecule has 3 rings (SSSR count). The quantitative estimate of drug-likeness (QED) is 0.260. The van der Waals surface area contributed by atoms with Crippen molar-refractivity contribution in [3.63, 3.8) is 0 Å². The van der Waals surface area contributed by atoms with Crippen LogP contribution in [0.15, 0.2) is 84.9 Å². The lowest BCUT2D eigenvalue weighted by molar-refractivity contribution is 0.995. The summed E-state index contributed by atoms with van der Waals surface area (Å²) in [7, 11) is -0.801. The molecule has 4 heteroatoms. The maximum atomic E-state index is 2.63. The second kappa shape index (κ2) is 12.2.